The highest BCUT2D eigenvalue weighted by atomic mass is 35.5. The number of ether oxygens (including phenoxy) is 1. The largest absolute Gasteiger partial charge is 0.466 e. The van der Waals surface area contributed by atoms with Crippen LogP contribution in [0, 0.1) is 13.8 Å². The van der Waals surface area contributed by atoms with Gasteiger partial charge in [0, 0.05) is 12.9 Å². The van der Waals surface area contributed by atoms with Crippen LogP contribution in [0.2, 0.25) is 0 Å². The molecule has 1 atom stereocenters. The summed E-state index contributed by atoms with van der Waals surface area (Å²) in [5.41, 5.74) is 7.02. The number of esters is 1. The molecule has 2 aromatic carbocycles. The Morgan fingerprint density at radius 3 is 2.70 bits per heavy atom. The summed E-state index contributed by atoms with van der Waals surface area (Å²) in [6, 6.07) is 10.1. The van der Waals surface area contributed by atoms with E-state index >= 15 is 0 Å². The smallest absolute Gasteiger partial charge is 0.313 e. The van der Waals surface area contributed by atoms with E-state index in [2.05, 4.69) is 10.3 Å². The Labute approximate surface area is 164 Å². The first-order valence-electron chi connectivity index (χ1n) is 9.06. The van der Waals surface area contributed by atoms with Crippen LogP contribution < -0.4 is 0 Å². The number of hydrogen-bond acceptors (Lipinski definition) is 4. The molecule has 0 aliphatic heterocycles. The average molecular weight is 386 g/mol. The highest BCUT2D eigenvalue weighted by molar-refractivity contribution is 6.17. The quantitative estimate of drug-likeness (QED) is 0.471. The van der Waals surface area contributed by atoms with E-state index in [1.165, 1.54) is 0 Å². The maximum atomic E-state index is 12.7. The third kappa shape index (κ3) is 3.83. The predicted molar refractivity (Wildman–Crippen MR) is 107 cm³/mol. The first kappa shape index (κ1) is 19.4. The van der Waals surface area contributed by atoms with E-state index in [-0.39, 0.29) is 11.9 Å². The molecule has 1 heterocycles. The normalized spacial score (nSPS) is 12.3. The Bertz CT molecular complexity index is 981. The van der Waals surface area contributed by atoms with Crippen molar-refractivity contribution in [1.29, 1.82) is 0 Å². The second-order valence-electron chi connectivity index (χ2n) is 6.76. The number of alkyl halides is 1. The fourth-order valence-corrected chi connectivity index (χ4v) is 3.64. The molecule has 0 saturated heterocycles. The number of benzene rings is 2. The SMILES string of the molecule is CCOC(=O)C(Cc1ccc2c(nnn2C)c1C)c1ccc(C)c(CCl)c1. The minimum absolute atomic E-state index is 0.222. The molecule has 3 aromatic rings. The fraction of sp³-hybridized carbons (Fsp3) is 0.381. The van der Waals surface area contributed by atoms with Crippen LogP contribution in [0.4, 0.5) is 0 Å². The Hall–Kier alpha value is -2.40. The zero-order valence-electron chi connectivity index (χ0n) is 16.1. The summed E-state index contributed by atoms with van der Waals surface area (Å²) in [5, 5.41) is 8.35. The van der Waals surface area contributed by atoms with Crippen LogP contribution in [0.1, 0.15) is 40.7 Å². The first-order chi connectivity index (χ1) is 13.0. The zero-order valence-corrected chi connectivity index (χ0v) is 16.9. The molecule has 142 valence electrons. The molecule has 0 amide bonds. The fourth-order valence-electron chi connectivity index (χ4n) is 3.35. The summed E-state index contributed by atoms with van der Waals surface area (Å²) >= 11 is 6.07. The van der Waals surface area contributed by atoms with Gasteiger partial charge in [-0.15, -0.1) is 16.7 Å². The molecule has 0 aliphatic carbocycles. The Morgan fingerprint density at radius 1 is 1.22 bits per heavy atom. The van der Waals surface area contributed by atoms with Crippen LogP contribution in [0.5, 0.6) is 0 Å². The van der Waals surface area contributed by atoms with Gasteiger partial charge in [0.05, 0.1) is 18.0 Å². The third-order valence-electron chi connectivity index (χ3n) is 5.06. The minimum atomic E-state index is -0.389. The summed E-state index contributed by atoms with van der Waals surface area (Å²) in [7, 11) is 1.87. The van der Waals surface area contributed by atoms with E-state index in [0.29, 0.717) is 18.9 Å². The van der Waals surface area contributed by atoms with Crippen molar-refractivity contribution >= 4 is 28.6 Å². The average Bonchev–Trinajstić information content (AvgIpc) is 3.04. The number of aromatic nitrogens is 3. The molecular weight excluding hydrogens is 362 g/mol. The van der Waals surface area contributed by atoms with Gasteiger partial charge in [-0.05, 0) is 61.1 Å². The van der Waals surface area contributed by atoms with Crippen LogP contribution in [0.15, 0.2) is 30.3 Å². The van der Waals surface area contributed by atoms with Crippen LogP contribution >= 0.6 is 11.6 Å². The molecule has 0 bridgehead atoms. The molecule has 0 aliphatic rings. The lowest BCUT2D eigenvalue weighted by Gasteiger charge is -2.19. The van der Waals surface area contributed by atoms with Crippen molar-refractivity contribution in [2.75, 3.05) is 6.61 Å². The molecule has 0 spiro atoms. The first-order valence-corrected chi connectivity index (χ1v) is 9.59. The molecule has 3 rings (SSSR count). The Kier molecular flexibility index (Phi) is 5.80. The highest BCUT2D eigenvalue weighted by Gasteiger charge is 2.24. The van der Waals surface area contributed by atoms with Crippen LogP contribution in [-0.4, -0.2) is 27.6 Å². The number of nitrogens with zero attached hydrogens (tertiary/aromatic N) is 3. The van der Waals surface area contributed by atoms with E-state index in [9.17, 15) is 4.79 Å². The lowest BCUT2D eigenvalue weighted by atomic mass is 9.88. The van der Waals surface area contributed by atoms with Gasteiger partial charge < -0.3 is 4.74 Å². The highest BCUT2D eigenvalue weighted by Crippen LogP contribution is 2.29. The van der Waals surface area contributed by atoms with Gasteiger partial charge in [0.15, 0.2) is 0 Å². The zero-order chi connectivity index (χ0) is 19.6. The Balaban J connectivity index is 2.02. The van der Waals surface area contributed by atoms with Crippen molar-refractivity contribution in [3.05, 3.63) is 58.1 Å². The number of hydrogen-bond donors (Lipinski definition) is 0. The number of aryl methyl sites for hydroxylation is 3. The molecule has 5 nitrogen and oxygen atoms in total. The Morgan fingerprint density at radius 2 is 2.00 bits per heavy atom. The van der Waals surface area contributed by atoms with Gasteiger partial charge >= 0.3 is 5.97 Å². The van der Waals surface area contributed by atoms with Gasteiger partial charge in [0.1, 0.15) is 5.52 Å². The van der Waals surface area contributed by atoms with E-state index in [4.69, 9.17) is 16.3 Å². The lowest BCUT2D eigenvalue weighted by molar-refractivity contribution is -0.144. The van der Waals surface area contributed by atoms with E-state index in [1.54, 1.807) is 4.68 Å². The summed E-state index contributed by atoms with van der Waals surface area (Å²) < 4.78 is 7.11. The van der Waals surface area contributed by atoms with Gasteiger partial charge in [0.25, 0.3) is 0 Å². The van der Waals surface area contributed by atoms with Crippen LogP contribution in [0.3, 0.4) is 0 Å². The summed E-state index contributed by atoms with van der Waals surface area (Å²) in [4.78, 5) is 12.7. The van der Waals surface area contributed by atoms with E-state index in [0.717, 1.165) is 38.9 Å². The summed E-state index contributed by atoms with van der Waals surface area (Å²) in [5.74, 6) is -0.194. The molecule has 6 heteroatoms. The lowest BCUT2D eigenvalue weighted by Crippen LogP contribution is -2.19. The molecule has 1 aromatic heterocycles. The number of halogens is 1. The van der Waals surface area contributed by atoms with E-state index in [1.807, 2.05) is 58.2 Å². The number of carbonyl (C=O) groups is 1. The summed E-state index contributed by atoms with van der Waals surface area (Å²) in [6.45, 7) is 6.22. The van der Waals surface area contributed by atoms with Gasteiger partial charge in [-0.1, -0.05) is 29.5 Å². The third-order valence-corrected chi connectivity index (χ3v) is 5.35. The van der Waals surface area contributed by atoms with Crippen molar-refractivity contribution in [3.8, 4) is 0 Å². The standard InChI is InChI=1S/C21H24ClN3O2/c1-5-27-21(26)18(16-7-6-13(2)17(10-16)12-22)11-15-8-9-19-20(14(15)3)23-24-25(19)4/h6-10,18H,5,11-12H2,1-4H3. The van der Waals surface area contributed by atoms with Gasteiger partial charge in [-0.2, -0.15) is 0 Å². The summed E-state index contributed by atoms with van der Waals surface area (Å²) in [6.07, 6.45) is 0.544. The molecule has 0 radical (unpaired) electrons. The van der Waals surface area contributed by atoms with Crippen molar-refractivity contribution in [2.45, 2.75) is 39.0 Å². The molecule has 27 heavy (non-hydrogen) atoms. The number of carbonyl (C=O) groups excluding carboxylic acids is 1. The molecule has 1 unspecified atom stereocenters. The monoisotopic (exact) mass is 385 g/mol. The van der Waals surface area contributed by atoms with Gasteiger partial charge in [-0.3, -0.25) is 4.79 Å². The van der Waals surface area contributed by atoms with Crippen molar-refractivity contribution < 1.29 is 9.53 Å². The van der Waals surface area contributed by atoms with Gasteiger partial charge in [-0.25, -0.2) is 4.68 Å². The minimum Gasteiger partial charge on any atom is -0.466 e. The second-order valence-corrected chi connectivity index (χ2v) is 7.03. The van der Waals surface area contributed by atoms with Crippen molar-refractivity contribution in [2.24, 2.45) is 7.05 Å². The van der Waals surface area contributed by atoms with Crippen molar-refractivity contribution in [1.82, 2.24) is 15.0 Å². The molecule has 0 saturated carbocycles. The molecular formula is C21H24ClN3O2. The van der Waals surface area contributed by atoms with E-state index < -0.39 is 0 Å². The maximum Gasteiger partial charge on any atom is 0.313 e. The number of fused-ring (bicyclic) bond motifs is 1. The molecule has 0 fully saturated rings. The number of rotatable bonds is 6. The second kappa shape index (κ2) is 8.09. The molecule has 0 N–H and O–H groups in total. The van der Waals surface area contributed by atoms with Gasteiger partial charge in [0.2, 0.25) is 0 Å². The van der Waals surface area contributed by atoms with Crippen LogP contribution in [0.25, 0.3) is 11.0 Å². The van der Waals surface area contributed by atoms with Crippen LogP contribution in [-0.2, 0) is 28.9 Å². The topological polar surface area (TPSA) is 57.0 Å². The predicted octanol–water partition coefficient (Wildman–Crippen LogP) is 4.21. The maximum absolute atomic E-state index is 12.7. The van der Waals surface area contributed by atoms with Crippen molar-refractivity contribution in [3.63, 3.8) is 0 Å².